The summed E-state index contributed by atoms with van der Waals surface area (Å²) in [6.07, 6.45) is 0.855. The van der Waals surface area contributed by atoms with Crippen molar-refractivity contribution in [1.82, 2.24) is 15.1 Å². The Balaban J connectivity index is 2.69. The molecule has 1 N–H and O–H groups in total. The molecule has 1 rings (SSSR count). The molecule has 0 spiro atoms. The highest BCUT2D eigenvalue weighted by atomic mass is 16.6. The predicted molar refractivity (Wildman–Crippen MR) is 116 cm³/mol. The number of carbonyl (C=O) groups excluding carboxylic acids is 3. The van der Waals surface area contributed by atoms with Crippen LogP contribution >= 0.6 is 0 Å². The van der Waals surface area contributed by atoms with E-state index >= 15 is 0 Å². The van der Waals surface area contributed by atoms with Gasteiger partial charge in [-0.25, -0.2) is 9.59 Å². The van der Waals surface area contributed by atoms with Gasteiger partial charge in [-0.15, -0.1) is 0 Å². The Kier molecular flexibility index (Phi) is 8.99. The van der Waals surface area contributed by atoms with Crippen LogP contribution in [0.25, 0.3) is 0 Å². The molecule has 0 aromatic carbocycles. The van der Waals surface area contributed by atoms with Crippen LogP contribution in [-0.2, 0) is 14.3 Å². The first-order chi connectivity index (χ1) is 13.6. The van der Waals surface area contributed by atoms with Crippen molar-refractivity contribution in [3.63, 3.8) is 0 Å². The van der Waals surface area contributed by atoms with E-state index in [1.54, 1.807) is 37.5 Å². The minimum absolute atomic E-state index is 0.00122. The first kappa shape index (κ1) is 26.0. The van der Waals surface area contributed by atoms with Gasteiger partial charge in [-0.2, -0.15) is 0 Å². The lowest BCUT2D eigenvalue weighted by molar-refractivity contribution is -0.135. The van der Waals surface area contributed by atoms with Crippen LogP contribution in [0.5, 0.6) is 0 Å². The third-order valence-electron chi connectivity index (χ3n) is 4.64. The summed E-state index contributed by atoms with van der Waals surface area (Å²) in [5.74, 6) is 0.0188. The fourth-order valence-electron chi connectivity index (χ4n) is 3.33. The van der Waals surface area contributed by atoms with Crippen molar-refractivity contribution in [2.45, 2.75) is 98.4 Å². The van der Waals surface area contributed by atoms with Gasteiger partial charge >= 0.3 is 12.2 Å². The van der Waals surface area contributed by atoms with Crippen LogP contribution in [0, 0.1) is 5.92 Å². The average Bonchev–Trinajstić information content (AvgIpc) is 2.55. The molecule has 0 aliphatic carbocycles. The molecule has 8 heteroatoms. The maximum absolute atomic E-state index is 12.8. The van der Waals surface area contributed by atoms with Crippen molar-refractivity contribution in [2.24, 2.45) is 5.92 Å². The fraction of sp³-hybridized carbons (Fsp3) is 0.864. The molecule has 1 heterocycles. The van der Waals surface area contributed by atoms with Crippen molar-refractivity contribution < 1.29 is 23.9 Å². The highest BCUT2D eigenvalue weighted by Crippen LogP contribution is 2.21. The predicted octanol–water partition coefficient (Wildman–Crippen LogP) is 3.78. The minimum atomic E-state index is -0.675. The number of carbonyl (C=O) groups is 3. The van der Waals surface area contributed by atoms with Gasteiger partial charge in [0.1, 0.15) is 17.2 Å². The lowest BCUT2D eigenvalue weighted by Gasteiger charge is -2.38. The van der Waals surface area contributed by atoms with Crippen LogP contribution in [0.4, 0.5) is 9.59 Å². The smallest absolute Gasteiger partial charge is 0.410 e. The van der Waals surface area contributed by atoms with Gasteiger partial charge in [-0.1, -0.05) is 0 Å². The molecule has 174 valence electrons. The van der Waals surface area contributed by atoms with Crippen molar-refractivity contribution in [3.05, 3.63) is 0 Å². The Morgan fingerprint density at radius 1 is 1.03 bits per heavy atom. The van der Waals surface area contributed by atoms with E-state index in [-0.39, 0.29) is 24.0 Å². The quantitative estimate of drug-likeness (QED) is 0.721. The first-order valence-electron chi connectivity index (χ1n) is 10.9. The summed E-state index contributed by atoms with van der Waals surface area (Å²) in [6, 6.07) is -0.677. The van der Waals surface area contributed by atoms with Crippen LogP contribution < -0.4 is 5.32 Å². The molecule has 1 aliphatic heterocycles. The van der Waals surface area contributed by atoms with Crippen LogP contribution in [0.2, 0.25) is 0 Å². The lowest BCUT2D eigenvalue weighted by Crippen LogP contribution is -2.52. The molecule has 2 atom stereocenters. The molecule has 1 fully saturated rings. The van der Waals surface area contributed by atoms with Crippen molar-refractivity contribution >= 4 is 18.1 Å². The van der Waals surface area contributed by atoms with E-state index in [0.29, 0.717) is 19.6 Å². The molecule has 0 aromatic heterocycles. The van der Waals surface area contributed by atoms with Gasteiger partial charge in [0.05, 0.1) is 0 Å². The molecule has 1 saturated heterocycles. The molecule has 0 saturated carbocycles. The summed E-state index contributed by atoms with van der Waals surface area (Å²) in [6.45, 7) is 18.2. The number of hydrogen-bond acceptors (Lipinski definition) is 5. The third kappa shape index (κ3) is 9.22. The highest BCUT2D eigenvalue weighted by Gasteiger charge is 2.32. The van der Waals surface area contributed by atoms with Gasteiger partial charge < -0.3 is 24.6 Å². The van der Waals surface area contributed by atoms with Crippen LogP contribution in [0.15, 0.2) is 0 Å². The summed E-state index contributed by atoms with van der Waals surface area (Å²) < 4.78 is 10.8. The van der Waals surface area contributed by atoms with Gasteiger partial charge in [0, 0.05) is 25.7 Å². The molecule has 30 heavy (non-hydrogen) atoms. The number of hydrogen-bond donors (Lipinski definition) is 1. The van der Waals surface area contributed by atoms with Crippen molar-refractivity contribution in [1.29, 1.82) is 0 Å². The monoisotopic (exact) mass is 427 g/mol. The van der Waals surface area contributed by atoms with Crippen molar-refractivity contribution in [2.75, 3.05) is 19.6 Å². The Morgan fingerprint density at radius 3 is 2.10 bits per heavy atom. The SMILES string of the molecule is CC(NC(=O)OC(C)(C)C)C(=O)N1CCCC(CN(C(=O)OC(C)(C)C)C(C)C)C1. The Morgan fingerprint density at radius 2 is 1.60 bits per heavy atom. The van der Waals surface area contributed by atoms with E-state index in [1.165, 1.54) is 0 Å². The molecule has 0 aromatic rings. The van der Waals surface area contributed by atoms with E-state index in [1.807, 2.05) is 34.6 Å². The Hall–Kier alpha value is -1.99. The number of alkyl carbamates (subject to hydrolysis) is 1. The molecule has 8 nitrogen and oxygen atoms in total. The molecular formula is C22H41N3O5. The summed E-state index contributed by atoms with van der Waals surface area (Å²) >= 11 is 0. The molecule has 0 bridgehead atoms. The molecule has 2 unspecified atom stereocenters. The van der Waals surface area contributed by atoms with Gasteiger partial charge in [0.25, 0.3) is 0 Å². The topological polar surface area (TPSA) is 88.2 Å². The Labute approximate surface area is 181 Å². The fourth-order valence-corrected chi connectivity index (χ4v) is 3.33. The third-order valence-corrected chi connectivity index (χ3v) is 4.64. The van der Waals surface area contributed by atoms with E-state index in [0.717, 1.165) is 12.8 Å². The molecule has 1 aliphatic rings. The van der Waals surface area contributed by atoms with Gasteiger partial charge in [-0.05, 0) is 81.1 Å². The second-order valence-electron chi connectivity index (χ2n) is 10.4. The molecule has 0 radical (unpaired) electrons. The van der Waals surface area contributed by atoms with Gasteiger partial charge in [-0.3, -0.25) is 4.79 Å². The number of rotatable bonds is 5. The summed E-state index contributed by atoms with van der Waals surface area (Å²) in [7, 11) is 0. The van der Waals surface area contributed by atoms with Gasteiger partial charge in [0.2, 0.25) is 5.91 Å². The molecular weight excluding hydrogens is 386 g/mol. The number of amides is 3. The highest BCUT2D eigenvalue weighted by molar-refractivity contribution is 5.85. The second kappa shape index (κ2) is 10.4. The van der Waals surface area contributed by atoms with E-state index in [9.17, 15) is 14.4 Å². The normalized spacial score (nSPS) is 18.6. The number of likely N-dealkylation sites (tertiary alicyclic amines) is 1. The zero-order valence-electron chi connectivity index (χ0n) is 20.2. The zero-order chi connectivity index (χ0) is 23.3. The van der Waals surface area contributed by atoms with Crippen LogP contribution in [0.3, 0.4) is 0 Å². The summed E-state index contributed by atoms with van der Waals surface area (Å²) in [5.41, 5.74) is -1.17. The number of nitrogens with zero attached hydrogens (tertiary/aromatic N) is 2. The minimum Gasteiger partial charge on any atom is -0.444 e. The lowest BCUT2D eigenvalue weighted by atomic mass is 9.96. The summed E-state index contributed by atoms with van der Waals surface area (Å²) in [4.78, 5) is 40.9. The van der Waals surface area contributed by atoms with Crippen LogP contribution in [-0.4, -0.2) is 70.8 Å². The van der Waals surface area contributed by atoms with Crippen molar-refractivity contribution in [3.8, 4) is 0 Å². The zero-order valence-corrected chi connectivity index (χ0v) is 20.2. The maximum Gasteiger partial charge on any atom is 0.410 e. The Bertz CT molecular complexity index is 607. The standard InChI is InChI=1S/C22H41N3O5/c1-15(2)25(20(28)30-22(7,8)9)14-17-11-10-12-24(13-17)18(26)16(3)23-19(27)29-21(4,5)6/h15-17H,10-14H2,1-9H3,(H,23,27). The van der Waals surface area contributed by atoms with E-state index in [2.05, 4.69) is 5.32 Å². The average molecular weight is 428 g/mol. The number of nitrogens with one attached hydrogen (secondary N) is 1. The number of ether oxygens (including phenoxy) is 2. The first-order valence-corrected chi connectivity index (χ1v) is 10.9. The van der Waals surface area contributed by atoms with E-state index < -0.39 is 23.3 Å². The number of piperidine rings is 1. The van der Waals surface area contributed by atoms with Gasteiger partial charge in [0.15, 0.2) is 0 Å². The van der Waals surface area contributed by atoms with E-state index in [4.69, 9.17) is 9.47 Å². The molecule has 3 amide bonds. The second-order valence-corrected chi connectivity index (χ2v) is 10.4. The largest absolute Gasteiger partial charge is 0.444 e. The maximum atomic E-state index is 12.8. The summed E-state index contributed by atoms with van der Waals surface area (Å²) in [5, 5.41) is 2.61. The van der Waals surface area contributed by atoms with Crippen LogP contribution in [0.1, 0.15) is 75.2 Å².